The van der Waals surface area contributed by atoms with Crippen molar-refractivity contribution < 1.29 is 18.3 Å². The van der Waals surface area contributed by atoms with Gasteiger partial charge in [-0.1, -0.05) is 113 Å². The summed E-state index contributed by atoms with van der Waals surface area (Å²) in [5, 5.41) is 12.2. The molecule has 0 bridgehead atoms. The molecule has 0 aliphatic heterocycles. The normalized spacial score (nSPS) is 19.1. The molecule has 1 atom stereocenters. The Morgan fingerprint density at radius 2 is 1.30 bits per heavy atom. The average molecular weight is 658 g/mol. The summed E-state index contributed by atoms with van der Waals surface area (Å²) in [4.78, 5) is 4.98. The van der Waals surface area contributed by atoms with Crippen LogP contribution >= 0.6 is 15.9 Å². The fourth-order valence-corrected chi connectivity index (χ4v) is 7.54. The van der Waals surface area contributed by atoms with E-state index >= 15 is 0 Å². The van der Waals surface area contributed by atoms with Gasteiger partial charge in [0.1, 0.15) is 11.4 Å². The molecule has 5 aromatic rings. The first-order valence-corrected chi connectivity index (χ1v) is 15.8. The molecule has 1 saturated carbocycles. The van der Waals surface area contributed by atoms with Gasteiger partial charge in [-0.05, 0) is 65.6 Å². The van der Waals surface area contributed by atoms with Gasteiger partial charge in [-0.15, -0.1) is 0 Å². The van der Waals surface area contributed by atoms with Crippen molar-refractivity contribution in [2.75, 3.05) is 0 Å². The van der Waals surface area contributed by atoms with Crippen LogP contribution in [0.4, 0.5) is 13.2 Å². The molecule has 0 radical (unpaired) electrons. The van der Waals surface area contributed by atoms with Gasteiger partial charge in [0, 0.05) is 23.5 Å². The number of rotatable bonds is 8. The van der Waals surface area contributed by atoms with Gasteiger partial charge in [0.25, 0.3) is 0 Å². The third kappa shape index (κ3) is 4.81. The molecule has 7 rings (SSSR count). The summed E-state index contributed by atoms with van der Waals surface area (Å²) in [5.41, 5.74) is 1.21. The zero-order chi connectivity index (χ0) is 30.6. The molecule has 0 amide bonds. The summed E-state index contributed by atoms with van der Waals surface area (Å²) in [6, 6.07) is 36.0. The molecule has 2 aliphatic rings. The van der Waals surface area contributed by atoms with Gasteiger partial charge in [0.15, 0.2) is 0 Å². The van der Waals surface area contributed by atoms with Crippen molar-refractivity contribution in [3.8, 4) is 0 Å². The van der Waals surface area contributed by atoms with Gasteiger partial charge < -0.3 is 9.67 Å². The van der Waals surface area contributed by atoms with Crippen LogP contribution in [0.2, 0.25) is 0 Å². The third-order valence-electron chi connectivity index (χ3n) is 9.57. The molecule has 7 heteroatoms. The second-order valence-electron chi connectivity index (χ2n) is 12.3. The monoisotopic (exact) mass is 656 g/mol. The van der Waals surface area contributed by atoms with E-state index in [1.54, 1.807) is 0 Å². The summed E-state index contributed by atoms with van der Waals surface area (Å²) in [6.07, 6.45) is -1.10. The van der Waals surface area contributed by atoms with Gasteiger partial charge in [-0.2, -0.15) is 13.2 Å². The topological polar surface area (TPSA) is 38.1 Å². The Labute approximate surface area is 263 Å². The molecule has 0 spiro atoms. The number of imidazole rings is 1. The zero-order valence-electron chi connectivity index (χ0n) is 24.1. The van der Waals surface area contributed by atoms with E-state index in [9.17, 15) is 18.3 Å². The minimum absolute atomic E-state index is 0.103. The average Bonchev–Trinajstić information content (AvgIpc) is 3.63. The highest BCUT2D eigenvalue weighted by atomic mass is 79.9. The highest BCUT2D eigenvalue weighted by Crippen LogP contribution is 2.59. The largest absolute Gasteiger partial charge is 0.394 e. The van der Waals surface area contributed by atoms with Crippen molar-refractivity contribution in [2.24, 2.45) is 5.41 Å². The van der Waals surface area contributed by atoms with Crippen molar-refractivity contribution in [3.63, 3.8) is 0 Å². The highest BCUT2D eigenvalue weighted by molar-refractivity contribution is 9.10. The van der Waals surface area contributed by atoms with E-state index in [2.05, 4.69) is 52.3 Å². The Morgan fingerprint density at radius 1 is 0.750 bits per heavy atom. The molecule has 2 aliphatic carbocycles. The molecule has 1 unspecified atom stereocenters. The number of nitrogens with zero attached hydrogens (tertiary/aromatic N) is 2. The Bertz CT molecular complexity index is 1690. The molecule has 1 N–H and O–H groups in total. The summed E-state index contributed by atoms with van der Waals surface area (Å²) in [6.45, 7) is 0. The van der Waals surface area contributed by atoms with Crippen LogP contribution in [0.1, 0.15) is 58.6 Å². The van der Waals surface area contributed by atoms with E-state index in [4.69, 9.17) is 4.98 Å². The molecule has 1 fully saturated rings. The Hall–Kier alpha value is -3.68. The van der Waals surface area contributed by atoms with E-state index in [0.717, 1.165) is 32.3 Å². The summed E-state index contributed by atoms with van der Waals surface area (Å²) in [5.74, 6) is 0.549. The van der Waals surface area contributed by atoms with Crippen LogP contribution in [0.15, 0.2) is 120 Å². The lowest BCUT2D eigenvalue weighted by molar-refractivity contribution is -0.186. The van der Waals surface area contributed by atoms with Crippen molar-refractivity contribution in [1.82, 2.24) is 9.55 Å². The minimum atomic E-state index is -4.30. The summed E-state index contributed by atoms with van der Waals surface area (Å²) in [7, 11) is 0. The molecular formula is C37H32BrF3N2O. The standard InChI is InChI=1S/C37H32BrF3N2O/c38-30-16-17-32-26(22-30)18-19-35(32,44)24-33-42-31(23-34(20-21-34)37(39,40)41)25-43(33)36(27-10-4-1-5-11-27,28-12-6-2-7-13-28)29-14-8-3-9-15-29/h1-17,22,25,44H,18-21,23-24H2. The zero-order valence-corrected chi connectivity index (χ0v) is 25.7. The van der Waals surface area contributed by atoms with Crippen LogP contribution in [0.25, 0.3) is 0 Å². The van der Waals surface area contributed by atoms with Crippen LogP contribution in [0.3, 0.4) is 0 Å². The molecule has 4 aromatic carbocycles. The predicted molar refractivity (Wildman–Crippen MR) is 168 cm³/mol. The first-order chi connectivity index (χ1) is 21.1. The number of halogens is 4. The number of aliphatic hydroxyl groups is 1. The van der Waals surface area contributed by atoms with E-state index < -0.39 is 22.7 Å². The van der Waals surface area contributed by atoms with E-state index in [-0.39, 0.29) is 25.7 Å². The fraction of sp³-hybridized carbons (Fsp3) is 0.270. The number of fused-ring (bicyclic) bond motifs is 1. The smallest absolute Gasteiger partial charge is 0.385 e. The molecule has 1 aromatic heterocycles. The first-order valence-electron chi connectivity index (χ1n) is 15.0. The fourth-order valence-electron chi connectivity index (χ4n) is 7.13. The predicted octanol–water partition coefficient (Wildman–Crippen LogP) is 8.75. The highest BCUT2D eigenvalue weighted by Gasteiger charge is 2.63. The summed E-state index contributed by atoms with van der Waals surface area (Å²) < 4.78 is 45.7. The molecule has 44 heavy (non-hydrogen) atoms. The van der Waals surface area contributed by atoms with Gasteiger partial charge in [-0.3, -0.25) is 0 Å². The van der Waals surface area contributed by atoms with Gasteiger partial charge in [-0.25, -0.2) is 4.98 Å². The van der Waals surface area contributed by atoms with Crippen LogP contribution in [0, 0.1) is 5.41 Å². The number of hydrogen-bond donors (Lipinski definition) is 1. The van der Waals surface area contributed by atoms with E-state index in [1.807, 2.05) is 83.6 Å². The van der Waals surface area contributed by atoms with Crippen molar-refractivity contribution >= 4 is 15.9 Å². The Morgan fingerprint density at radius 3 is 1.80 bits per heavy atom. The van der Waals surface area contributed by atoms with Crippen LogP contribution in [-0.2, 0) is 30.4 Å². The molecule has 224 valence electrons. The number of alkyl halides is 3. The Kier molecular flexibility index (Phi) is 7.09. The van der Waals surface area contributed by atoms with Gasteiger partial charge in [0.2, 0.25) is 0 Å². The van der Waals surface area contributed by atoms with Crippen LogP contribution < -0.4 is 0 Å². The van der Waals surface area contributed by atoms with Crippen LogP contribution in [0.5, 0.6) is 0 Å². The second kappa shape index (κ2) is 10.7. The Balaban J connectivity index is 1.48. The van der Waals surface area contributed by atoms with Gasteiger partial charge >= 0.3 is 6.18 Å². The molecule has 0 saturated heterocycles. The second-order valence-corrected chi connectivity index (χ2v) is 13.2. The van der Waals surface area contributed by atoms with Crippen LogP contribution in [-0.4, -0.2) is 20.8 Å². The molecule has 1 heterocycles. The minimum Gasteiger partial charge on any atom is -0.385 e. The molecular weight excluding hydrogens is 625 g/mol. The number of aromatic nitrogens is 2. The van der Waals surface area contributed by atoms with Crippen molar-refractivity contribution in [1.29, 1.82) is 0 Å². The SMILES string of the molecule is OC1(Cc2nc(CC3(C(F)(F)F)CC3)cn2C(c2ccccc2)(c2ccccc2)c2ccccc2)CCc2cc(Br)ccc21. The lowest BCUT2D eigenvalue weighted by Gasteiger charge is -2.39. The lowest BCUT2D eigenvalue weighted by Crippen LogP contribution is -2.40. The summed E-state index contributed by atoms with van der Waals surface area (Å²) >= 11 is 3.55. The van der Waals surface area contributed by atoms with Gasteiger partial charge in [0.05, 0.1) is 16.7 Å². The van der Waals surface area contributed by atoms with E-state index in [0.29, 0.717) is 24.4 Å². The quantitative estimate of drug-likeness (QED) is 0.170. The van der Waals surface area contributed by atoms with Crippen molar-refractivity contribution in [2.45, 2.75) is 55.8 Å². The lowest BCUT2D eigenvalue weighted by atomic mass is 9.76. The number of aryl methyl sites for hydroxylation is 1. The van der Waals surface area contributed by atoms with E-state index in [1.165, 1.54) is 0 Å². The molecule has 3 nitrogen and oxygen atoms in total. The number of benzene rings is 4. The van der Waals surface area contributed by atoms with Crippen molar-refractivity contribution in [3.05, 3.63) is 159 Å². The number of hydrogen-bond acceptors (Lipinski definition) is 2. The third-order valence-corrected chi connectivity index (χ3v) is 10.1. The maximum Gasteiger partial charge on any atom is 0.394 e. The first kappa shape index (κ1) is 29.1. The maximum absolute atomic E-state index is 14.2. The maximum atomic E-state index is 14.2.